The molecule has 2 N–H and O–H groups in total. The summed E-state index contributed by atoms with van der Waals surface area (Å²) in [5.41, 5.74) is 1.00. The molecular formula is C15H17FN2O. The van der Waals surface area contributed by atoms with Crippen LogP contribution < -0.4 is 5.32 Å². The van der Waals surface area contributed by atoms with Gasteiger partial charge in [-0.3, -0.25) is 4.79 Å². The molecule has 1 amide bonds. The van der Waals surface area contributed by atoms with Crippen LogP contribution in [0.15, 0.2) is 24.4 Å². The summed E-state index contributed by atoms with van der Waals surface area (Å²) in [6.45, 7) is 3.80. The normalized spacial score (nSPS) is 15.7. The number of rotatable bonds is 3. The van der Waals surface area contributed by atoms with Crippen molar-refractivity contribution in [2.75, 3.05) is 0 Å². The number of nitrogens with one attached hydrogen (secondary N) is 2. The molecule has 3 nitrogen and oxygen atoms in total. The number of carbonyl (C=O) groups is 1. The SMILES string of the molecule is CC(C)(C(=O)NC1CC1)c1c[nH]c2cc(F)ccc12. The van der Waals surface area contributed by atoms with E-state index in [9.17, 15) is 9.18 Å². The fourth-order valence-corrected chi connectivity index (χ4v) is 2.33. The van der Waals surface area contributed by atoms with Crippen molar-refractivity contribution in [1.29, 1.82) is 0 Å². The van der Waals surface area contributed by atoms with Crippen LogP contribution in [0.2, 0.25) is 0 Å². The van der Waals surface area contributed by atoms with Crippen molar-refractivity contribution in [2.45, 2.75) is 38.1 Å². The first-order chi connectivity index (χ1) is 8.98. The summed E-state index contributed by atoms with van der Waals surface area (Å²) in [6.07, 6.45) is 3.94. The molecule has 0 aliphatic heterocycles. The Morgan fingerprint density at radius 1 is 1.42 bits per heavy atom. The summed E-state index contributed by atoms with van der Waals surface area (Å²) < 4.78 is 13.2. The molecule has 0 radical (unpaired) electrons. The lowest BCUT2D eigenvalue weighted by molar-refractivity contribution is -0.125. The van der Waals surface area contributed by atoms with Crippen LogP contribution in [-0.4, -0.2) is 16.9 Å². The first-order valence-electron chi connectivity index (χ1n) is 6.56. The number of H-pyrrole nitrogens is 1. The van der Waals surface area contributed by atoms with Crippen molar-refractivity contribution in [3.8, 4) is 0 Å². The molecule has 3 rings (SSSR count). The maximum absolute atomic E-state index is 13.2. The smallest absolute Gasteiger partial charge is 0.230 e. The molecule has 19 heavy (non-hydrogen) atoms. The minimum Gasteiger partial charge on any atom is -0.361 e. The van der Waals surface area contributed by atoms with Gasteiger partial charge in [0.2, 0.25) is 5.91 Å². The molecule has 1 aliphatic carbocycles. The number of carbonyl (C=O) groups excluding carboxylic acids is 1. The average Bonchev–Trinajstić information content (AvgIpc) is 3.06. The number of aromatic amines is 1. The van der Waals surface area contributed by atoms with E-state index in [2.05, 4.69) is 10.3 Å². The number of fused-ring (bicyclic) bond motifs is 1. The van der Waals surface area contributed by atoms with Crippen LogP contribution in [0.25, 0.3) is 10.9 Å². The van der Waals surface area contributed by atoms with Crippen LogP contribution in [0.4, 0.5) is 4.39 Å². The molecule has 1 aromatic heterocycles. The van der Waals surface area contributed by atoms with Gasteiger partial charge in [-0.15, -0.1) is 0 Å². The minimum absolute atomic E-state index is 0.0280. The van der Waals surface area contributed by atoms with Gasteiger partial charge in [0.15, 0.2) is 0 Å². The predicted octanol–water partition coefficient (Wildman–Crippen LogP) is 2.86. The lowest BCUT2D eigenvalue weighted by Gasteiger charge is -2.23. The summed E-state index contributed by atoms with van der Waals surface area (Å²) in [5, 5.41) is 3.93. The first kappa shape index (κ1) is 12.2. The number of benzene rings is 1. The molecule has 2 aromatic rings. The van der Waals surface area contributed by atoms with E-state index in [1.165, 1.54) is 12.1 Å². The van der Waals surface area contributed by atoms with E-state index in [1.807, 2.05) is 13.8 Å². The van der Waals surface area contributed by atoms with Crippen molar-refractivity contribution in [3.63, 3.8) is 0 Å². The molecule has 0 spiro atoms. The van der Waals surface area contributed by atoms with Crippen LogP contribution in [-0.2, 0) is 10.2 Å². The van der Waals surface area contributed by atoms with Gasteiger partial charge in [0.05, 0.1) is 5.41 Å². The predicted molar refractivity (Wildman–Crippen MR) is 72.4 cm³/mol. The summed E-state index contributed by atoms with van der Waals surface area (Å²) in [4.78, 5) is 15.4. The Hall–Kier alpha value is -1.84. The van der Waals surface area contributed by atoms with E-state index in [4.69, 9.17) is 0 Å². The van der Waals surface area contributed by atoms with Crippen molar-refractivity contribution in [3.05, 3.63) is 35.8 Å². The molecule has 1 fully saturated rings. The molecule has 1 saturated carbocycles. The van der Waals surface area contributed by atoms with Gasteiger partial charge in [0.1, 0.15) is 5.82 Å². The quantitative estimate of drug-likeness (QED) is 0.875. The third-order valence-electron chi connectivity index (χ3n) is 3.80. The van der Waals surface area contributed by atoms with E-state index in [1.54, 1.807) is 12.3 Å². The van der Waals surface area contributed by atoms with Gasteiger partial charge in [-0.05, 0) is 50.5 Å². The van der Waals surface area contributed by atoms with Crippen molar-refractivity contribution in [2.24, 2.45) is 0 Å². The number of hydrogen-bond acceptors (Lipinski definition) is 1. The highest BCUT2D eigenvalue weighted by molar-refractivity contribution is 5.94. The topological polar surface area (TPSA) is 44.9 Å². The molecule has 1 aromatic carbocycles. The highest BCUT2D eigenvalue weighted by atomic mass is 19.1. The van der Waals surface area contributed by atoms with Gasteiger partial charge in [0, 0.05) is 23.1 Å². The Balaban J connectivity index is 1.99. The second kappa shape index (κ2) is 4.08. The van der Waals surface area contributed by atoms with E-state index >= 15 is 0 Å². The highest BCUT2D eigenvalue weighted by Gasteiger charge is 2.35. The van der Waals surface area contributed by atoms with E-state index < -0.39 is 5.41 Å². The second-order valence-electron chi connectivity index (χ2n) is 5.76. The summed E-state index contributed by atoms with van der Waals surface area (Å²) in [6, 6.07) is 4.94. The average molecular weight is 260 g/mol. The maximum atomic E-state index is 13.2. The molecule has 1 heterocycles. The van der Waals surface area contributed by atoms with Gasteiger partial charge < -0.3 is 10.3 Å². The number of aromatic nitrogens is 1. The van der Waals surface area contributed by atoms with Gasteiger partial charge in [-0.1, -0.05) is 0 Å². The molecule has 0 atom stereocenters. The Morgan fingerprint density at radius 2 is 2.16 bits per heavy atom. The molecule has 4 heteroatoms. The summed E-state index contributed by atoms with van der Waals surface area (Å²) in [5.74, 6) is -0.249. The van der Waals surface area contributed by atoms with Crippen molar-refractivity contribution < 1.29 is 9.18 Å². The Morgan fingerprint density at radius 3 is 2.84 bits per heavy atom. The minimum atomic E-state index is -0.626. The molecule has 0 bridgehead atoms. The fourth-order valence-electron chi connectivity index (χ4n) is 2.33. The zero-order valence-corrected chi connectivity index (χ0v) is 11.1. The lowest BCUT2D eigenvalue weighted by atomic mass is 9.83. The van der Waals surface area contributed by atoms with Gasteiger partial charge in [0.25, 0.3) is 0 Å². The van der Waals surface area contributed by atoms with Gasteiger partial charge in [-0.2, -0.15) is 0 Å². The Labute approximate surface area is 111 Å². The van der Waals surface area contributed by atoms with E-state index in [0.717, 1.165) is 29.3 Å². The molecule has 1 aliphatic rings. The van der Waals surface area contributed by atoms with E-state index in [0.29, 0.717) is 6.04 Å². The van der Waals surface area contributed by atoms with E-state index in [-0.39, 0.29) is 11.7 Å². The Bertz CT molecular complexity index is 641. The van der Waals surface area contributed by atoms with Crippen LogP contribution in [0.3, 0.4) is 0 Å². The molecule has 0 unspecified atom stereocenters. The zero-order chi connectivity index (χ0) is 13.6. The largest absolute Gasteiger partial charge is 0.361 e. The second-order valence-corrected chi connectivity index (χ2v) is 5.76. The lowest BCUT2D eigenvalue weighted by Crippen LogP contribution is -2.41. The summed E-state index contributed by atoms with van der Waals surface area (Å²) >= 11 is 0. The molecular weight excluding hydrogens is 243 g/mol. The Kier molecular flexibility index (Phi) is 2.62. The van der Waals surface area contributed by atoms with Crippen LogP contribution in [0.1, 0.15) is 32.3 Å². The molecule has 0 saturated heterocycles. The van der Waals surface area contributed by atoms with Crippen LogP contribution in [0, 0.1) is 5.82 Å². The highest BCUT2D eigenvalue weighted by Crippen LogP contribution is 2.32. The monoisotopic (exact) mass is 260 g/mol. The number of halogens is 1. The van der Waals surface area contributed by atoms with Gasteiger partial charge >= 0.3 is 0 Å². The number of amides is 1. The van der Waals surface area contributed by atoms with Gasteiger partial charge in [-0.25, -0.2) is 4.39 Å². The zero-order valence-electron chi connectivity index (χ0n) is 11.1. The summed E-state index contributed by atoms with van der Waals surface area (Å²) in [7, 11) is 0. The third kappa shape index (κ3) is 2.11. The van der Waals surface area contributed by atoms with Crippen LogP contribution in [0.5, 0.6) is 0 Å². The van der Waals surface area contributed by atoms with Crippen molar-refractivity contribution in [1.82, 2.24) is 10.3 Å². The van der Waals surface area contributed by atoms with Crippen molar-refractivity contribution >= 4 is 16.8 Å². The first-order valence-corrected chi connectivity index (χ1v) is 6.56. The fraction of sp³-hybridized carbons (Fsp3) is 0.400. The third-order valence-corrected chi connectivity index (χ3v) is 3.80. The van der Waals surface area contributed by atoms with Crippen LogP contribution >= 0.6 is 0 Å². The number of hydrogen-bond donors (Lipinski definition) is 2. The maximum Gasteiger partial charge on any atom is 0.230 e. The standard InChI is InChI=1S/C15H17FN2O/c1-15(2,14(19)18-10-4-5-10)12-8-17-13-7-9(16)3-6-11(12)13/h3,6-8,10,17H,4-5H2,1-2H3,(H,18,19). The molecule has 100 valence electrons.